The van der Waals surface area contributed by atoms with Gasteiger partial charge < -0.3 is 14.5 Å². The summed E-state index contributed by atoms with van der Waals surface area (Å²) in [5, 5.41) is 0. The van der Waals surface area contributed by atoms with Crippen LogP contribution in [0.15, 0.2) is 0 Å². The van der Waals surface area contributed by atoms with E-state index in [4.69, 9.17) is 4.74 Å². The lowest BCUT2D eigenvalue weighted by Crippen LogP contribution is -2.54. The SMILES string of the molecule is COCCN1CCN(C(=O)C2CCC(=O)N(C3CCCC3)C2)CC1. The molecule has 1 unspecified atom stereocenters. The molecule has 0 aromatic carbocycles. The van der Waals surface area contributed by atoms with Crippen LogP contribution < -0.4 is 0 Å². The summed E-state index contributed by atoms with van der Waals surface area (Å²) in [6.07, 6.45) is 5.94. The largest absolute Gasteiger partial charge is 0.383 e. The van der Waals surface area contributed by atoms with Gasteiger partial charge in [0.25, 0.3) is 0 Å². The number of hydrogen-bond donors (Lipinski definition) is 0. The van der Waals surface area contributed by atoms with Crippen molar-refractivity contribution in [1.29, 1.82) is 0 Å². The predicted octanol–water partition coefficient (Wildman–Crippen LogP) is 0.958. The molecule has 1 atom stereocenters. The fourth-order valence-electron chi connectivity index (χ4n) is 4.31. The van der Waals surface area contributed by atoms with E-state index in [0.29, 0.717) is 19.0 Å². The van der Waals surface area contributed by atoms with E-state index in [9.17, 15) is 9.59 Å². The van der Waals surface area contributed by atoms with Gasteiger partial charge in [0, 0.05) is 58.8 Å². The number of likely N-dealkylation sites (tertiary alicyclic amines) is 1. The van der Waals surface area contributed by atoms with Crippen LogP contribution in [0.25, 0.3) is 0 Å². The van der Waals surface area contributed by atoms with Gasteiger partial charge in [0.2, 0.25) is 11.8 Å². The van der Waals surface area contributed by atoms with Gasteiger partial charge in [-0.2, -0.15) is 0 Å². The van der Waals surface area contributed by atoms with Crippen molar-refractivity contribution >= 4 is 11.8 Å². The van der Waals surface area contributed by atoms with Crippen LogP contribution in [-0.4, -0.2) is 85.5 Å². The maximum absolute atomic E-state index is 12.9. The minimum absolute atomic E-state index is 0.00817. The van der Waals surface area contributed by atoms with Crippen molar-refractivity contribution in [2.75, 3.05) is 53.0 Å². The molecule has 0 aromatic rings. The number of piperazine rings is 1. The molecule has 24 heavy (non-hydrogen) atoms. The molecule has 3 aliphatic rings. The number of carbonyl (C=O) groups excluding carboxylic acids is 2. The average molecular weight is 337 g/mol. The van der Waals surface area contributed by atoms with Crippen molar-refractivity contribution in [3.8, 4) is 0 Å². The second-order valence-electron chi connectivity index (χ2n) is 7.38. The van der Waals surface area contributed by atoms with Crippen LogP contribution in [0.1, 0.15) is 38.5 Å². The van der Waals surface area contributed by atoms with E-state index in [1.165, 1.54) is 12.8 Å². The second kappa shape index (κ2) is 8.30. The molecular formula is C18H31N3O3. The maximum Gasteiger partial charge on any atom is 0.227 e. The lowest BCUT2D eigenvalue weighted by atomic mass is 9.94. The van der Waals surface area contributed by atoms with Crippen LogP contribution in [0.4, 0.5) is 0 Å². The summed E-state index contributed by atoms with van der Waals surface area (Å²) in [6, 6.07) is 0.388. The third kappa shape index (κ3) is 4.09. The monoisotopic (exact) mass is 337 g/mol. The zero-order chi connectivity index (χ0) is 16.9. The first kappa shape index (κ1) is 17.7. The van der Waals surface area contributed by atoms with Crippen LogP contribution in [0.2, 0.25) is 0 Å². The van der Waals surface area contributed by atoms with Gasteiger partial charge >= 0.3 is 0 Å². The molecule has 6 heteroatoms. The fourth-order valence-corrected chi connectivity index (χ4v) is 4.31. The first-order valence-corrected chi connectivity index (χ1v) is 9.48. The highest BCUT2D eigenvalue weighted by Crippen LogP contribution is 2.29. The second-order valence-corrected chi connectivity index (χ2v) is 7.38. The number of carbonyl (C=O) groups is 2. The number of amides is 2. The van der Waals surface area contributed by atoms with Crippen molar-refractivity contribution in [2.45, 2.75) is 44.6 Å². The number of piperidine rings is 1. The summed E-state index contributed by atoms with van der Waals surface area (Å²) in [4.78, 5) is 31.5. The number of rotatable bonds is 5. The zero-order valence-corrected chi connectivity index (χ0v) is 14.9. The van der Waals surface area contributed by atoms with Gasteiger partial charge in [0.1, 0.15) is 0 Å². The van der Waals surface area contributed by atoms with Crippen molar-refractivity contribution in [3.63, 3.8) is 0 Å². The van der Waals surface area contributed by atoms with Gasteiger partial charge in [-0.15, -0.1) is 0 Å². The van der Waals surface area contributed by atoms with Gasteiger partial charge in [-0.05, 0) is 19.3 Å². The molecule has 2 aliphatic heterocycles. The van der Waals surface area contributed by atoms with Crippen molar-refractivity contribution in [3.05, 3.63) is 0 Å². The van der Waals surface area contributed by atoms with E-state index in [1.807, 2.05) is 9.80 Å². The quantitative estimate of drug-likeness (QED) is 0.750. The van der Waals surface area contributed by atoms with Crippen LogP contribution in [-0.2, 0) is 14.3 Å². The molecule has 1 aliphatic carbocycles. The summed E-state index contributed by atoms with van der Waals surface area (Å²) >= 11 is 0. The zero-order valence-electron chi connectivity index (χ0n) is 14.9. The van der Waals surface area contributed by atoms with E-state index in [-0.39, 0.29) is 17.7 Å². The lowest BCUT2D eigenvalue weighted by molar-refractivity contribution is -0.145. The van der Waals surface area contributed by atoms with Crippen molar-refractivity contribution in [2.24, 2.45) is 5.92 Å². The molecule has 2 amide bonds. The van der Waals surface area contributed by atoms with Crippen LogP contribution in [0, 0.1) is 5.92 Å². The van der Waals surface area contributed by atoms with Gasteiger partial charge in [-0.1, -0.05) is 12.8 Å². The molecule has 1 saturated carbocycles. The minimum Gasteiger partial charge on any atom is -0.383 e. The lowest BCUT2D eigenvalue weighted by Gasteiger charge is -2.40. The average Bonchev–Trinajstić information content (AvgIpc) is 3.14. The Hall–Kier alpha value is -1.14. The summed E-state index contributed by atoms with van der Waals surface area (Å²) in [6.45, 7) is 5.78. The van der Waals surface area contributed by atoms with Crippen LogP contribution in [0.3, 0.4) is 0 Å². The van der Waals surface area contributed by atoms with Crippen LogP contribution in [0.5, 0.6) is 0 Å². The number of nitrogens with zero attached hydrogens (tertiary/aromatic N) is 3. The molecule has 136 valence electrons. The summed E-state index contributed by atoms with van der Waals surface area (Å²) in [7, 11) is 1.72. The Bertz CT molecular complexity index is 443. The Kier molecular flexibility index (Phi) is 6.11. The Labute approximate surface area is 145 Å². The molecule has 2 heterocycles. The predicted molar refractivity (Wildman–Crippen MR) is 91.6 cm³/mol. The first-order valence-electron chi connectivity index (χ1n) is 9.48. The third-order valence-electron chi connectivity index (χ3n) is 5.85. The fraction of sp³-hybridized carbons (Fsp3) is 0.889. The molecule has 3 rings (SSSR count). The molecule has 0 aromatic heterocycles. The molecular weight excluding hydrogens is 306 g/mol. The first-order chi connectivity index (χ1) is 11.7. The Morgan fingerprint density at radius 2 is 1.83 bits per heavy atom. The minimum atomic E-state index is 0.00817. The molecule has 0 N–H and O–H groups in total. The van der Waals surface area contributed by atoms with E-state index in [1.54, 1.807) is 7.11 Å². The van der Waals surface area contributed by atoms with E-state index in [0.717, 1.165) is 58.6 Å². The highest BCUT2D eigenvalue weighted by atomic mass is 16.5. The Morgan fingerprint density at radius 3 is 2.50 bits per heavy atom. The van der Waals surface area contributed by atoms with E-state index < -0.39 is 0 Å². The van der Waals surface area contributed by atoms with E-state index >= 15 is 0 Å². The van der Waals surface area contributed by atoms with Gasteiger partial charge in [-0.3, -0.25) is 14.5 Å². The summed E-state index contributed by atoms with van der Waals surface area (Å²) < 4.78 is 5.12. The Balaban J connectivity index is 1.50. The standard InChI is InChI=1S/C18H31N3O3/c1-24-13-12-19-8-10-20(11-9-19)18(23)15-6-7-17(22)21(14-15)16-4-2-3-5-16/h15-16H,2-14H2,1H3. The topological polar surface area (TPSA) is 53.1 Å². The smallest absolute Gasteiger partial charge is 0.227 e. The summed E-state index contributed by atoms with van der Waals surface area (Å²) in [5.74, 6) is 0.529. The maximum atomic E-state index is 12.9. The van der Waals surface area contributed by atoms with Crippen molar-refractivity contribution in [1.82, 2.24) is 14.7 Å². The highest BCUT2D eigenvalue weighted by molar-refractivity contribution is 5.84. The molecule has 6 nitrogen and oxygen atoms in total. The summed E-state index contributed by atoms with van der Waals surface area (Å²) in [5.41, 5.74) is 0. The number of ether oxygens (including phenoxy) is 1. The van der Waals surface area contributed by atoms with Gasteiger partial charge in [0.15, 0.2) is 0 Å². The molecule has 2 saturated heterocycles. The molecule has 0 radical (unpaired) electrons. The Morgan fingerprint density at radius 1 is 1.12 bits per heavy atom. The van der Waals surface area contributed by atoms with E-state index in [2.05, 4.69) is 4.90 Å². The third-order valence-corrected chi connectivity index (χ3v) is 5.85. The normalized spacial score (nSPS) is 27.0. The highest BCUT2D eigenvalue weighted by Gasteiger charge is 2.37. The van der Waals surface area contributed by atoms with Gasteiger partial charge in [0.05, 0.1) is 12.5 Å². The van der Waals surface area contributed by atoms with Gasteiger partial charge in [-0.25, -0.2) is 0 Å². The molecule has 0 bridgehead atoms. The van der Waals surface area contributed by atoms with Crippen LogP contribution >= 0.6 is 0 Å². The number of hydrogen-bond acceptors (Lipinski definition) is 4. The van der Waals surface area contributed by atoms with Crippen molar-refractivity contribution < 1.29 is 14.3 Å². The number of methoxy groups -OCH3 is 1. The molecule has 3 fully saturated rings. The molecule has 0 spiro atoms.